The summed E-state index contributed by atoms with van der Waals surface area (Å²) in [6.07, 6.45) is 8.05. The van der Waals surface area contributed by atoms with Gasteiger partial charge >= 0.3 is 6.03 Å². The van der Waals surface area contributed by atoms with E-state index in [1.54, 1.807) is 17.7 Å². The summed E-state index contributed by atoms with van der Waals surface area (Å²) in [7, 11) is 0. The number of thiophene rings is 1. The van der Waals surface area contributed by atoms with Crippen LogP contribution in [0.15, 0.2) is 29.0 Å². The third-order valence-electron chi connectivity index (χ3n) is 4.28. The van der Waals surface area contributed by atoms with E-state index in [4.69, 9.17) is 0 Å². The van der Waals surface area contributed by atoms with Crippen molar-refractivity contribution in [3.05, 3.63) is 28.7 Å². The molecule has 0 bridgehead atoms. The number of aromatic nitrogens is 3. The van der Waals surface area contributed by atoms with Crippen LogP contribution in [-0.4, -0.2) is 38.5 Å². The Morgan fingerprint density at radius 2 is 2.15 bits per heavy atom. The number of nitrogens with zero attached hydrogens (tertiary/aromatic N) is 3. The number of imide groups is 1. The number of hydrogen-bond acceptors (Lipinski definition) is 6. The van der Waals surface area contributed by atoms with Crippen molar-refractivity contribution in [1.82, 2.24) is 25.4 Å². The molecule has 1 aliphatic rings. The number of aryl methyl sites for hydroxylation is 2. The van der Waals surface area contributed by atoms with E-state index in [1.807, 2.05) is 10.6 Å². The molecule has 9 heteroatoms. The van der Waals surface area contributed by atoms with E-state index in [-0.39, 0.29) is 17.7 Å². The van der Waals surface area contributed by atoms with Crippen molar-refractivity contribution in [2.75, 3.05) is 5.75 Å². The van der Waals surface area contributed by atoms with Crippen molar-refractivity contribution in [3.8, 4) is 0 Å². The Morgan fingerprint density at radius 1 is 1.31 bits per heavy atom. The molecule has 140 valence electrons. The van der Waals surface area contributed by atoms with Gasteiger partial charge in [0.1, 0.15) is 6.33 Å². The highest BCUT2D eigenvalue weighted by atomic mass is 32.2. The third kappa shape index (κ3) is 5.84. The van der Waals surface area contributed by atoms with Crippen LogP contribution >= 0.6 is 23.1 Å². The first-order valence-corrected chi connectivity index (χ1v) is 10.7. The number of hydrogen-bond donors (Lipinski definition) is 2. The predicted molar refractivity (Wildman–Crippen MR) is 102 cm³/mol. The zero-order chi connectivity index (χ0) is 18.2. The molecule has 2 heterocycles. The van der Waals surface area contributed by atoms with Crippen LogP contribution in [0.1, 0.15) is 37.0 Å². The van der Waals surface area contributed by atoms with Gasteiger partial charge in [-0.05, 0) is 30.7 Å². The Kier molecular flexibility index (Phi) is 7.07. The number of carbonyl (C=O) groups excluding carboxylic acids is 2. The Labute approximate surface area is 161 Å². The standard InChI is InChI=1S/C17H23N5O2S2/c23-15(20-16(24)19-13-5-2-1-3-6-13)11-26-17-21-18-12-22(17)9-8-14-7-4-10-25-14/h4,7,10,12-13H,1-3,5-6,8-9,11H2,(H2,19,20,23,24). The maximum atomic E-state index is 12.0. The minimum Gasteiger partial charge on any atom is -0.335 e. The van der Waals surface area contributed by atoms with E-state index in [0.717, 1.165) is 38.6 Å². The minimum atomic E-state index is -0.401. The van der Waals surface area contributed by atoms with E-state index in [0.29, 0.717) is 5.16 Å². The van der Waals surface area contributed by atoms with Gasteiger partial charge in [-0.25, -0.2) is 4.79 Å². The molecular formula is C17H23N5O2S2. The highest BCUT2D eigenvalue weighted by molar-refractivity contribution is 7.99. The maximum Gasteiger partial charge on any atom is 0.321 e. The fourth-order valence-corrected chi connectivity index (χ4v) is 4.40. The van der Waals surface area contributed by atoms with Crippen LogP contribution in [0.4, 0.5) is 4.79 Å². The molecule has 0 aliphatic heterocycles. The quantitative estimate of drug-likeness (QED) is 0.706. The molecule has 1 fully saturated rings. The third-order valence-corrected chi connectivity index (χ3v) is 6.20. The summed E-state index contributed by atoms with van der Waals surface area (Å²) in [6, 6.07) is 3.91. The Balaban J connectivity index is 1.40. The van der Waals surface area contributed by atoms with Crippen molar-refractivity contribution < 1.29 is 9.59 Å². The first-order chi connectivity index (χ1) is 12.7. The maximum absolute atomic E-state index is 12.0. The highest BCUT2D eigenvalue weighted by Crippen LogP contribution is 2.18. The lowest BCUT2D eigenvalue weighted by Crippen LogP contribution is -2.45. The van der Waals surface area contributed by atoms with Crippen molar-refractivity contribution in [2.45, 2.75) is 56.3 Å². The summed E-state index contributed by atoms with van der Waals surface area (Å²) in [5.41, 5.74) is 0. The summed E-state index contributed by atoms with van der Waals surface area (Å²) < 4.78 is 1.93. The first-order valence-electron chi connectivity index (χ1n) is 8.84. The molecule has 2 aromatic heterocycles. The summed E-state index contributed by atoms with van der Waals surface area (Å²) in [5.74, 6) is -0.188. The Hall–Kier alpha value is -1.87. The Morgan fingerprint density at radius 3 is 2.92 bits per heavy atom. The number of amides is 3. The minimum absolute atomic E-state index is 0.135. The van der Waals surface area contributed by atoms with Gasteiger partial charge in [-0.3, -0.25) is 10.1 Å². The van der Waals surface area contributed by atoms with Crippen LogP contribution < -0.4 is 10.6 Å². The topological polar surface area (TPSA) is 88.9 Å². The van der Waals surface area contributed by atoms with E-state index in [9.17, 15) is 9.59 Å². The van der Waals surface area contributed by atoms with E-state index in [1.165, 1.54) is 23.1 Å². The molecule has 0 saturated heterocycles. The van der Waals surface area contributed by atoms with Crippen LogP contribution in [0.5, 0.6) is 0 Å². The van der Waals surface area contributed by atoms with Crippen LogP contribution in [0, 0.1) is 0 Å². The van der Waals surface area contributed by atoms with Gasteiger partial charge in [0.05, 0.1) is 5.75 Å². The molecule has 0 radical (unpaired) electrons. The summed E-state index contributed by atoms with van der Waals surface area (Å²) in [6.45, 7) is 0.764. The number of urea groups is 1. The summed E-state index contributed by atoms with van der Waals surface area (Å²) >= 11 is 3.01. The van der Waals surface area contributed by atoms with Crippen molar-refractivity contribution >= 4 is 35.0 Å². The average Bonchev–Trinajstić information content (AvgIpc) is 3.30. The van der Waals surface area contributed by atoms with Gasteiger partial charge in [0, 0.05) is 17.5 Å². The van der Waals surface area contributed by atoms with Gasteiger partial charge in [-0.2, -0.15) is 0 Å². The molecule has 3 rings (SSSR count). The van der Waals surface area contributed by atoms with Gasteiger partial charge in [0.15, 0.2) is 5.16 Å². The SMILES string of the molecule is O=C(CSc1nncn1CCc1cccs1)NC(=O)NC1CCCCC1. The fourth-order valence-electron chi connectivity index (χ4n) is 2.96. The lowest BCUT2D eigenvalue weighted by atomic mass is 9.96. The molecule has 26 heavy (non-hydrogen) atoms. The van der Waals surface area contributed by atoms with Gasteiger partial charge in [0.2, 0.25) is 5.91 Å². The zero-order valence-electron chi connectivity index (χ0n) is 14.5. The summed E-state index contributed by atoms with van der Waals surface area (Å²) in [4.78, 5) is 25.2. The van der Waals surface area contributed by atoms with Gasteiger partial charge in [-0.15, -0.1) is 21.5 Å². The monoisotopic (exact) mass is 393 g/mol. The number of carbonyl (C=O) groups is 2. The molecule has 0 atom stereocenters. The van der Waals surface area contributed by atoms with Crippen molar-refractivity contribution in [2.24, 2.45) is 0 Å². The molecule has 0 spiro atoms. The van der Waals surface area contributed by atoms with Crippen LogP contribution in [0.25, 0.3) is 0 Å². The van der Waals surface area contributed by atoms with E-state index >= 15 is 0 Å². The summed E-state index contributed by atoms with van der Waals surface area (Å²) in [5, 5.41) is 16.0. The van der Waals surface area contributed by atoms with E-state index in [2.05, 4.69) is 32.3 Å². The van der Waals surface area contributed by atoms with Crippen molar-refractivity contribution in [3.63, 3.8) is 0 Å². The van der Waals surface area contributed by atoms with Crippen molar-refractivity contribution in [1.29, 1.82) is 0 Å². The predicted octanol–water partition coefficient (Wildman–Crippen LogP) is 2.83. The second-order valence-electron chi connectivity index (χ2n) is 6.28. The molecule has 0 unspecified atom stereocenters. The second-order valence-corrected chi connectivity index (χ2v) is 8.26. The smallest absolute Gasteiger partial charge is 0.321 e. The molecular weight excluding hydrogens is 370 g/mol. The molecule has 2 aromatic rings. The fraction of sp³-hybridized carbons (Fsp3) is 0.529. The second kappa shape index (κ2) is 9.72. The van der Waals surface area contributed by atoms with Gasteiger partial charge in [-0.1, -0.05) is 37.1 Å². The first kappa shape index (κ1) is 18.9. The molecule has 0 aromatic carbocycles. The Bertz CT molecular complexity index is 711. The molecule has 3 amide bonds. The van der Waals surface area contributed by atoms with Crippen LogP contribution in [0.2, 0.25) is 0 Å². The lowest BCUT2D eigenvalue weighted by Gasteiger charge is -2.22. The van der Waals surface area contributed by atoms with Crippen LogP contribution in [0.3, 0.4) is 0 Å². The number of nitrogens with one attached hydrogen (secondary N) is 2. The lowest BCUT2D eigenvalue weighted by molar-refractivity contribution is -0.117. The molecule has 2 N–H and O–H groups in total. The molecule has 7 nitrogen and oxygen atoms in total. The molecule has 1 saturated carbocycles. The highest BCUT2D eigenvalue weighted by Gasteiger charge is 2.17. The van der Waals surface area contributed by atoms with Gasteiger partial charge < -0.3 is 9.88 Å². The van der Waals surface area contributed by atoms with Crippen LogP contribution in [-0.2, 0) is 17.8 Å². The van der Waals surface area contributed by atoms with E-state index < -0.39 is 6.03 Å². The number of rotatable bonds is 7. The number of thioether (sulfide) groups is 1. The largest absolute Gasteiger partial charge is 0.335 e. The van der Waals surface area contributed by atoms with Gasteiger partial charge in [0.25, 0.3) is 0 Å². The zero-order valence-corrected chi connectivity index (χ0v) is 16.2. The average molecular weight is 394 g/mol. The molecule has 1 aliphatic carbocycles. The normalized spacial score (nSPS) is 14.9.